The minimum Gasteiger partial charge on any atom is -0.488 e. The summed E-state index contributed by atoms with van der Waals surface area (Å²) in [5.41, 5.74) is -0.358. The fourth-order valence-electron chi connectivity index (χ4n) is 1.35. The van der Waals surface area contributed by atoms with Crippen molar-refractivity contribution in [1.82, 2.24) is 4.98 Å². The van der Waals surface area contributed by atoms with Crippen LogP contribution in [0.4, 0.5) is 18.9 Å². The summed E-state index contributed by atoms with van der Waals surface area (Å²) in [4.78, 5) is 5.15. The average Bonchev–Trinajstić information content (AvgIpc) is 2.99. The Morgan fingerprint density at radius 2 is 2.00 bits per heavy atom. The van der Waals surface area contributed by atoms with Gasteiger partial charge in [-0.1, -0.05) is 0 Å². The van der Waals surface area contributed by atoms with E-state index in [-0.39, 0.29) is 11.9 Å². The normalized spacial score (nSPS) is 15.8. The number of hydrogen-bond donors (Lipinski definition) is 0. The number of alkyl halides is 3. The van der Waals surface area contributed by atoms with Crippen LogP contribution >= 0.6 is 0 Å². The zero-order valence-corrected chi connectivity index (χ0v) is 9.58. The van der Waals surface area contributed by atoms with Gasteiger partial charge >= 0.3 is 6.18 Å². The van der Waals surface area contributed by atoms with Crippen LogP contribution in [0.15, 0.2) is 12.3 Å². The van der Waals surface area contributed by atoms with Crippen LogP contribution in [0.1, 0.15) is 18.5 Å². The lowest BCUT2D eigenvalue weighted by Crippen LogP contribution is -2.15. The van der Waals surface area contributed by atoms with Gasteiger partial charge in [-0.15, -0.1) is 0 Å². The molecule has 1 heterocycles. The zero-order chi connectivity index (χ0) is 12.6. The maximum absolute atomic E-state index is 12.7. The summed E-state index contributed by atoms with van der Waals surface area (Å²) in [7, 11) is 3.48. The molecule has 1 aliphatic carbocycles. The van der Waals surface area contributed by atoms with Crippen molar-refractivity contribution in [1.29, 1.82) is 0 Å². The van der Waals surface area contributed by atoms with E-state index in [1.165, 1.54) is 12.3 Å². The van der Waals surface area contributed by atoms with Crippen LogP contribution in [0.25, 0.3) is 0 Å². The summed E-state index contributed by atoms with van der Waals surface area (Å²) >= 11 is 0. The van der Waals surface area contributed by atoms with Crippen molar-refractivity contribution in [2.75, 3.05) is 19.0 Å². The molecule has 2 rings (SSSR count). The fourth-order valence-corrected chi connectivity index (χ4v) is 1.35. The molecule has 94 valence electrons. The molecule has 0 aromatic carbocycles. The average molecular weight is 246 g/mol. The number of anilines is 1. The predicted octanol–water partition coefficient (Wildman–Crippen LogP) is 2.71. The Morgan fingerprint density at radius 1 is 1.35 bits per heavy atom. The van der Waals surface area contributed by atoms with E-state index in [1.54, 1.807) is 19.0 Å². The van der Waals surface area contributed by atoms with E-state index < -0.39 is 11.9 Å². The Morgan fingerprint density at radius 3 is 2.47 bits per heavy atom. The van der Waals surface area contributed by atoms with Crippen molar-refractivity contribution in [3.8, 4) is 5.75 Å². The molecule has 3 nitrogen and oxygen atoms in total. The highest BCUT2D eigenvalue weighted by molar-refractivity contribution is 5.49. The third kappa shape index (κ3) is 2.81. The minimum absolute atomic E-state index is 0.0877. The molecule has 17 heavy (non-hydrogen) atoms. The van der Waals surface area contributed by atoms with Crippen LogP contribution in [0.3, 0.4) is 0 Å². The van der Waals surface area contributed by atoms with Crippen molar-refractivity contribution in [3.63, 3.8) is 0 Å². The molecule has 0 atom stereocenters. The van der Waals surface area contributed by atoms with Crippen LogP contribution < -0.4 is 9.64 Å². The van der Waals surface area contributed by atoms with E-state index in [0.717, 1.165) is 12.8 Å². The van der Waals surface area contributed by atoms with Gasteiger partial charge in [-0.25, -0.2) is 4.98 Å². The molecule has 0 aliphatic heterocycles. The smallest absolute Gasteiger partial charge is 0.437 e. The Kier molecular flexibility index (Phi) is 2.89. The van der Waals surface area contributed by atoms with Gasteiger partial charge in [0.15, 0.2) is 11.4 Å². The number of ether oxygens (including phenoxy) is 1. The predicted molar refractivity (Wildman–Crippen MR) is 57.2 cm³/mol. The monoisotopic (exact) mass is 246 g/mol. The molecule has 1 saturated carbocycles. The van der Waals surface area contributed by atoms with Crippen LogP contribution in [0, 0.1) is 0 Å². The molecule has 6 heteroatoms. The summed E-state index contributed by atoms with van der Waals surface area (Å²) in [6.45, 7) is 0. The molecule has 1 aromatic heterocycles. The van der Waals surface area contributed by atoms with Gasteiger partial charge in [-0.2, -0.15) is 13.2 Å². The summed E-state index contributed by atoms with van der Waals surface area (Å²) in [6, 6.07) is 1.38. The highest BCUT2D eigenvalue weighted by Crippen LogP contribution is 2.38. The third-order valence-electron chi connectivity index (χ3n) is 2.44. The second kappa shape index (κ2) is 4.09. The fraction of sp³-hybridized carbons (Fsp3) is 0.545. The van der Waals surface area contributed by atoms with Crippen molar-refractivity contribution < 1.29 is 17.9 Å². The lowest BCUT2D eigenvalue weighted by Gasteiger charge is -2.17. The molecule has 0 radical (unpaired) electrons. The molecule has 1 aromatic rings. The maximum atomic E-state index is 12.7. The van der Waals surface area contributed by atoms with Crippen LogP contribution in [-0.4, -0.2) is 25.2 Å². The second-order valence-corrected chi connectivity index (χ2v) is 4.25. The minimum atomic E-state index is -4.48. The van der Waals surface area contributed by atoms with Gasteiger partial charge in [0.25, 0.3) is 0 Å². The highest BCUT2D eigenvalue weighted by Gasteiger charge is 2.38. The number of rotatable bonds is 3. The first kappa shape index (κ1) is 12.0. The van der Waals surface area contributed by atoms with Gasteiger partial charge in [-0.05, 0) is 12.8 Å². The number of halogens is 3. The van der Waals surface area contributed by atoms with E-state index >= 15 is 0 Å². The zero-order valence-electron chi connectivity index (χ0n) is 9.58. The molecule has 1 aliphatic rings. The first-order chi connectivity index (χ1) is 7.88. The molecule has 0 N–H and O–H groups in total. The topological polar surface area (TPSA) is 25.4 Å². The van der Waals surface area contributed by atoms with Crippen molar-refractivity contribution in [2.24, 2.45) is 0 Å². The van der Waals surface area contributed by atoms with E-state index in [9.17, 15) is 13.2 Å². The lowest BCUT2D eigenvalue weighted by atomic mass is 10.3. The molecule has 0 bridgehead atoms. The van der Waals surface area contributed by atoms with E-state index in [4.69, 9.17) is 4.74 Å². The lowest BCUT2D eigenvalue weighted by molar-refractivity contribution is -0.142. The Labute approximate surface area is 97.2 Å². The molecule has 0 amide bonds. The van der Waals surface area contributed by atoms with Crippen molar-refractivity contribution in [2.45, 2.75) is 25.1 Å². The van der Waals surface area contributed by atoms with Crippen molar-refractivity contribution >= 4 is 5.69 Å². The van der Waals surface area contributed by atoms with Gasteiger partial charge in [0.05, 0.1) is 18.0 Å². The molecular formula is C11H13F3N2O. The number of aromatic nitrogens is 1. The highest BCUT2D eigenvalue weighted by atomic mass is 19.4. The SMILES string of the molecule is CN(C)c1cnc(C(F)(F)F)c(OC2CC2)c1. The van der Waals surface area contributed by atoms with E-state index in [1.807, 2.05) is 0 Å². The Bertz CT molecular complexity index is 414. The summed E-state index contributed by atoms with van der Waals surface area (Å²) < 4.78 is 43.4. The largest absolute Gasteiger partial charge is 0.488 e. The third-order valence-corrected chi connectivity index (χ3v) is 2.44. The standard InChI is InChI=1S/C11H13F3N2O/c1-16(2)7-5-9(17-8-3-4-8)10(15-6-7)11(12,13)14/h5-6,8H,3-4H2,1-2H3. The molecule has 0 saturated heterocycles. The first-order valence-electron chi connectivity index (χ1n) is 5.29. The van der Waals surface area contributed by atoms with Crippen LogP contribution in [0.5, 0.6) is 5.75 Å². The van der Waals surface area contributed by atoms with Gasteiger partial charge in [0.2, 0.25) is 0 Å². The molecule has 1 fully saturated rings. The van der Waals surface area contributed by atoms with Gasteiger partial charge in [-0.3, -0.25) is 0 Å². The number of hydrogen-bond acceptors (Lipinski definition) is 3. The van der Waals surface area contributed by atoms with Gasteiger partial charge < -0.3 is 9.64 Å². The summed E-state index contributed by atoms with van der Waals surface area (Å²) in [5, 5.41) is 0. The maximum Gasteiger partial charge on any atom is 0.437 e. The Balaban J connectivity index is 2.36. The first-order valence-corrected chi connectivity index (χ1v) is 5.29. The van der Waals surface area contributed by atoms with E-state index in [2.05, 4.69) is 4.98 Å². The number of nitrogens with zero attached hydrogens (tertiary/aromatic N) is 2. The van der Waals surface area contributed by atoms with E-state index in [0.29, 0.717) is 5.69 Å². The molecule has 0 unspecified atom stereocenters. The van der Waals surface area contributed by atoms with Crippen LogP contribution in [0.2, 0.25) is 0 Å². The van der Waals surface area contributed by atoms with Crippen LogP contribution in [-0.2, 0) is 6.18 Å². The summed E-state index contributed by atoms with van der Waals surface area (Å²) in [6.07, 6.45) is -1.75. The van der Waals surface area contributed by atoms with Gasteiger partial charge in [0, 0.05) is 20.2 Å². The van der Waals surface area contributed by atoms with Crippen molar-refractivity contribution in [3.05, 3.63) is 18.0 Å². The molecule has 0 spiro atoms. The second-order valence-electron chi connectivity index (χ2n) is 4.25. The Hall–Kier alpha value is -1.46. The number of pyridine rings is 1. The van der Waals surface area contributed by atoms with Gasteiger partial charge in [0.1, 0.15) is 0 Å². The summed E-state index contributed by atoms with van der Waals surface area (Å²) in [5.74, 6) is -0.175. The quantitative estimate of drug-likeness (QED) is 0.820. The molecular weight excluding hydrogens is 233 g/mol.